The number of halogens is 2. The van der Waals surface area contributed by atoms with Crippen LogP contribution in [0, 0.1) is 0 Å². The molecule has 5 heteroatoms. The highest BCUT2D eigenvalue weighted by Crippen LogP contribution is 2.24. The van der Waals surface area contributed by atoms with E-state index in [1.807, 2.05) is 30.1 Å². The second-order valence-corrected chi connectivity index (χ2v) is 6.94. The minimum Gasteiger partial charge on any atom is -0.324 e. The monoisotopic (exact) mass is 378 g/mol. The van der Waals surface area contributed by atoms with Gasteiger partial charge in [-0.15, -0.1) is 0 Å². The Balaban J connectivity index is 2.01. The van der Waals surface area contributed by atoms with Crippen LogP contribution in [0.4, 0.5) is 5.69 Å². The molecule has 0 heterocycles. The number of nitrogens with one attached hydrogen (secondary N) is 1. The number of amides is 1. The van der Waals surface area contributed by atoms with Crippen LogP contribution in [0.5, 0.6) is 0 Å². The number of nitrogens with zero attached hydrogens (tertiary/aromatic N) is 1. The van der Waals surface area contributed by atoms with E-state index >= 15 is 0 Å². The Morgan fingerprint density at radius 1 is 1.04 bits per heavy atom. The van der Waals surface area contributed by atoms with Crippen LogP contribution in [-0.4, -0.2) is 24.4 Å². The van der Waals surface area contributed by atoms with Gasteiger partial charge in [0.25, 0.3) is 0 Å². The number of hydrogen-bond acceptors (Lipinski definition) is 2. The van der Waals surface area contributed by atoms with Gasteiger partial charge in [-0.1, -0.05) is 61.3 Å². The molecule has 0 saturated carbocycles. The van der Waals surface area contributed by atoms with Crippen molar-refractivity contribution < 1.29 is 4.79 Å². The van der Waals surface area contributed by atoms with E-state index < -0.39 is 0 Å². The van der Waals surface area contributed by atoms with E-state index in [2.05, 4.69) is 31.3 Å². The molecule has 134 valence electrons. The lowest BCUT2D eigenvalue weighted by Crippen LogP contribution is -2.30. The average molecular weight is 379 g/mol. The maximum atomic E-state index is 12.5. The van der Waals surface area contributed by atoms with E-state index in [0.29, 0.717) is 23.1 Å². The predicted octanol–water partition coefficient (Wildman–Crippen LogP) is 5.19. The van der Waals surface area contributed by atoms with Gasteiger partial charge in [-0.05, 0) is 48.7 Å². The molecule has 2 aromatic carbocycles. The minimum absolute atomic E-state index is 0.0156. The number of carbonyl (C=O) groups is 1. The Morgan fingerprint density at radius 2 is 1.68 bits per heavy atom. The highest BCUT2D eigenvalue weighted by Gasteiger charge is 2.12. The summed E-state index contributed by atoms with van der Waals surface area (Å²) >= 11 is 12.0. The first-order valence-electron chi connectivity index (χ1n) is 8.47. The lowest BCUT2D eigenvalue weighted by molar-refractivity contribution is -0.117. The molecule has 3 nitrogen and oxygen atoms in total. The van der Waals surface area contributed by atoms with E-state index in [9.17, 15) is 4.79 Å². The van der Waals surface area contributed by atoms with Crippen LogP contribution in [0.25, 0.3) is 0 Å². The summed E-state index contributed by atoms with van der Waals surface area (Å²) < 4.78 is 0. The number of hydrogen-bond donors (Lipinski definition) is 1. The zero-order chi connectivity index (χ0) is 18.4. The van der Waals surface area contributed by atoms with Gasteiger partial charge in [-0.25, -0.2) is 0 Å². The van der Waals surface area contributed by atoms with Gasteiger partial charge in [0.15, 0.2) is 0 Å². The molecule has 2 rings (SSSR count). The second kappa shape index (κ2) is 9.23. The van der Waals surface area contributed by atoms with Crippen LogP contribution in [0.1, 0.15) is 30.5 Å². The molecule has 0 aliphatic carbocycles. The first kappa shape index (κ1) is 19.8. The molecule has 0 aliphatic heterocycles. The zero-order valence-electron chi connectivity index (χ0n) is 14.9. The Morgan fingerprint density at radius 3 is 2.24 bits per heavy atom. The molecule has 0 fully saturated rings. The molecular formula is C20H24Cl2N2O. The topological polar surface area (TPSA) is 32.3 Å². The van der Waals surface area contributed by atoms with E-state index in [1.54, 1.807) is 6.07 Å². The molecule has 0 aromatic heterocycles. The highest BCUT2D eigenvalue weighted by atomic mass is 35.5. The third-order valence-electron chi connectivity index (χ3n) is 4.11. The lowest BCUT2D eigenvalue weighted by atomic mass is 10.0. The molecule has 0 radical (unpaired) electrons. The molecule has 0 atom stereocenters. The van der Waals surface area contributed by atoms with Crippen LogP contribution in [0.15, 0.2) is 36.4 Å². The Labute approximate surface area is 159 Å². The number of rotatable bonds is 7. The number of anilines is 1. The molecule has 1 amide bonds. The number of aryl methyl sites for hydroxylation is 2. The summed E-state index contributed by atoms with van der Waals surface area (Å²) in [5, 5.41) is 4.16. The Kier molecular flexibility index (Phi) is 7.30. The summed E-state index contributed by atoms with van der Waals surface area (Å²) in [6, 6.07) is 11.7. The predicted molar refractivity (Wildman–Crippen MR) is 107 cm³/mol. The first-order valence-corrected chi connectivity index (χ1v) is 9.23. The first-order chi connectivity index (χ1) is 11.9. The van der Waals surface area contributed by atoms with Crippen LogP contribution >= 0.6 is 23.2 Å². The average Bonchev–Trinajstić information content (AvgIpc) is 2.58. The van der Waals surface area contributed by atoms with Crippen molar-refractivity contribution >= 4 is 34.8 Å². The van der Waals surface area contributed by atoms with Gasteiger partial charge in [0, 0.05) is 12.2 Å². The summed E-state index contributed by atoms with van der Waals surface area (Å²) in [5.74, 6) is -0.0156. The van der Waals surface area contributed by atoms with Crippen LogP contribution in [0.3, 0.4) is 0 Å². The Hall–Kier alpha value is -1.55. The largest absolute Gasteiger partial charge is 0.324 e. The molecule has 0 bridgehead atoms. The second-order valence-electron chi connectivity index (χ2n) is 6.13. The van der Waals surface area contributed by atoms with Crippen molar-refractivity contribution in [2.75, 3.05) is 18.9 Å². The molecule has 2 aromatic rings. The van der Waals surface area contributed by atoms with Crippen molar-refractivity contribution in [1.82, 2.24) is 4.90 Å². The van der Waals surface area contributed by atoms with Crippen LogP contribution in [-0.2, 0) is 24.2 Å². The van der Waals surface area contributed by atoms with Crippen molar-refractivity contribution in [1.29, 1.82) is 0 Å². The number of benzene rings is 2. The maximum absolute atomic E-state index is 12.5. The summed E-state index contributed by atoms with van der Waals surface area (Å²) in [7, 11) is 1.91. The third kappa shape index (κ3) is 5.46. The van der Waals surface area contributed by atoms with Gasteiger partial charge in [-0.2, -0.15) is 0 Å². The maximum Gasteiger partial charge on any atom is 0.238 e. The number of likely N-dealkylation sites (N-methyl/N-ethyl adjacent to an activating group) is 1. The molecule has 0 aliphatic rings. The third-order valence-corrected chi connectivity index (χ3v) is 4.85. The summed E-state index contributed by atoms with van der Waals surface area (Å²) in [6.07, 6.45) is 1.78. The van der Waals surface area contributed by atoms with Crippen molar-refractivity contribution in [3.63, 3.8) is 0 Å². The fourth-order valence-corrected chi connectivity index (χ4v) is 3.15. The normalized spacial score (nSPS) is 11.0. The summed E-state index contributed by atoms with van der Waals surface area (Å²) in [5.41, 5.74) is 4.31. The molecule has 0 saturated heterocycles. The van der Waals surface area contributed by atoms with Crippen molar-refractivity contribution in [2.45, 2.75) is 33.2 Å². The van der Waals surface area contributed by atoms with Gasteiger partial charge in [0.05, 0.1) is 16.6 Å². The van der Waals surface area contributed by atoms with E-state index in [-0.39, 0.29) is 5.91 Å². The van der Waals surface area contributed by atoms with Gasteiger partial charge >= 0.3 is 0 Å². The summed E-state index contributed by atoms with van der Waals surface area (Å²) in [6.45, 7) is 5.13. The van der Waals surface area contributed by atoms with Crippen LogP contribution in [0.2, 0.25) is 10.0 Å². The molecular weight excluding hydrogens is 355 g/mol. The highest BCUT2D eigenvalue weighted by molar-refractivity contribution is 6.42. The van der Waals surface area contributed by atoms with Crippen molar-refractivity contribution in [3.05, 3.63) is 63.1 Å². The molecule has 0 unspecified atom stereocenters. The fourth-order valence-electron chi connectivity index (χ4n) is 2.83. The molecule has 1 N–H and O–H groups in total. The molecule has 25 heavy (non-hydrogen) atoms. The number of para-hydroxylation sites is 1. The van der Waals surface area contributed by atoms with E-state index in [1.165, 1.54) is 11.1 Å². The lowest BCUT2D eigenvalue weighted by Gasteiger charge is -2.19. The van der Waals surface area contributed by atoms with Crippen molar-refractivity contribution in [3.8, 4) is 0 Å². The van der Waals surface area contributed by atoms with Crippen molar-refractivity contribution in [2.24, 2.45) is 0 Å². The fraction of sp³-hybridized carbons (Fsp3) is 0.350. The van der Waals surface area contributed by atoms with Gasteiger partial charge in [-0.3, -0.25) is 9.69 Å². The van der Waals surface area contributed by atoms with Gasteiger partial charge < -0.3 is 5.32 Å². The van der Waals surface area contributed by atoms with Gasteiger partial charge in [0.1, 0.15) is 0 Å². The quantitative estimate of drug-likeness (QED) is 0.718. The van der Waals surface area contributed by atoms with E-state index in [0.717, 1.165) is 24.1 Å². The smallest absolute Gasteiger partial charge is 0.238 e. The van der Waals surface area contributed by atoms with Gasteiger partial charge in [0.2, 0.25) is 5.91 Å². The zero-order valence-corrected chi connectivity index (χ0v) is 16.4. The summed E-state index contributed by atoms with van der Waals surface area (Å²) in [4.78, 5) is 14.4. The Bertz CT molecular complexity index is 724. The molecule has 0 spiro atoms. The SMILES string of the molecule is CCc1cccc(CC)c1NC(=O)CN(C)Cc1ccc(Cl)c(Cl)c1. The standard InChI is InChI=1S/C20H24Cl2N2O/c1-4-15-7-6-8-16(5-2)20(15)23-19(25)13-24(3)12-14-9-10-17(21)18(22)11-14/h6-11H,4-5,12-13H2,1-3H3,(H,23,25). The van der Waals surface area contributed by atoms with Crippen LogP contribution < -0.4 is 5.32 Å². The number of carbonyl (C=O) groups excluding carboxylic acids is 1. The minimum atomic E-state index is -0.0156. The van der Waals surface area contributed by atoms with E-state index in [4.69, 9.17) is 23.2 Å².